The zero-order valence-corrected chi connectivity index (χ0v) is 28.2. The van der Waals surface area contributed by atoms with E-state index in [1.807, 2.05) is 27.5 Å². The van der Waals surface area contributed by atoms with E-state index in [1.165, 1.54) is 37.4 Å². The molecule has 1 fully saturated rings. The number of methoxy groups -OCH3 is 1. The zero-order chi connectivity index (χ0) is 35.7. The van der Waals surface area contributed by atoms with Crippen LogP contribution in [0.3, 0.4) is 0 Å². The maximum absolute atomic E-state index is 13.4. The quantitative estimate of drug-likeness (QED) is 0.185. The number of likely N-dealkylation sites (N-methyl/N-ethyl adjacent to an activating group) is 1. The number of likely N-dealkylation sites (tertiary alicyclic amines) is 1. The van der Waals surface area contributed by atoms with Gasteiger partial charge < -0.3 is 15.2 Å². The number of pyridine rings is 1. The Labute approximate surface area is 285 Å². The number of esters is 1. The summed E-state index contributed by atoms with van der Waals surface area (Å²) >= 11 is 0. The van der Waals surface area contributed by atoms with Crippen LogP contribution in [0.15, 0.2) is 61.1 Å². The average molecular weight is 713 g/mol. The molecule has 17 heteroatoms. The molecule has 13 nitrogen and oxygen atoms in total. The molecule has 2 unspecified atom stereocenters. The highest BCUT2D eigenvalue weighted by Gasteiger charge is 2.33. The number of anilines is 2. The predicted octanol–water partition coefficient (Wildman–Crippen LogP) is 4.61. The number of nitrogens with zero attached hydrogens (tertiary/aromatic N) is 6. The summed E-state index contributed by atoms with van der Waals surface area (Å²) in [5.41, 5.74) is 9.95. The fourth-order valence-corrected chi connectivity index (χ4v) is 6.76. The van der Waals surface area contributed by atoms with Crippen LogP contribution in [-0.4, -0.2) is 82.9 Å². The molecule has 0 amide bonds. The molecule has 6 rings (SSSR count). The van der Waals surface area contributed by atoms with Crippen LogP contribution < -0.4 is 15.2 Å². The Balaban J connectivity index is 1.33. The van der Waals surface area contributed by atoms with E-state index in [-0.39, 0.29) is 41.9 Å². The third kappa shape index (κ3) is 6.96. The summed E-state index contributed by atoms with van der Waals surface area (Å²) in [7, 11) is -0.00342. The number of aromatic nitrogens is 5. The molecule has 264 valence electrons. The van der Waals surface area contributed by atoms with Crippen molar-refractivity contribution in [3.63, 3.8) is 0 Å². The SMILES string of the molecule is COC(=O)C1CCC(n2cc(-c3cnc(N)c4c(-c5ccc(NS(=O)(=O)C(F)F)c(OCCc6ccc(F)cc6)c5)nn(C)c34)cn2)CN1C. The van der Waals surface area contributed by atoms with Gasteiger partial charge in [-0.25, -0.2) is 17.8 Å². The van der Waals surface area contributed by atoms with Crippen LogP contribution in [0.2, 0.25) is 0 Å². The molecule has 1 aliphatic rings. The summed E-state index contributed by atoms with van der Waals surface area (Å²) in [6, 6.07) is 9.81. The fraction of sp³-hybridized carbons (Fsp3) is 0.333. The van der Waals surface area contributed by atoms with Gasteiger partial charge in [-0.15, -0.1) is 0 Å². The van der Waals surface area contributed by atoms with E-state index < -0.39 is 21.6 Å². The highest BCUT2D eigenvalue weighted by atomic mass is 32.2. The molecule has 3 N–H and O–H groups in total. The Bertz CT molecular complexity index is 2140. The Kier molecular flexibility index (Phi) is 9.71. The van der Waals surface area contributed by atoms with Crippen molar-refractivity contribution >= 4 is 38.4 Å². The molecule has 3 aromatic heterocycles. The number of sulfonamides is 1. The van der Waals surface area contributed by atoms with Gasteiger partial charge in [0.25, 0.3) is 10.0 Å². The average Bonchev–Trinajstić information content (AvgIpc) is 3.72. The van der Waals surface area contributed by atoms with Crippen LogP contribution in [0.4, 0.5) is 24.7 Å². The number of fused-ring (bicyclic) bond motifs is 1. The minimum absolute atomic E-state index is 0.0245. The van der Waals surface area contributed by atoms with Crippen molar-refractivity contribution in [1.29, 1.82) is 0 Å². The molecular formula is C33H35F3N8O5S. The second-order valence-electron chi connectivity index (χ2n) is 12.0. The number of carbonyl (C=O) groups excluding carboxylic acids is 1. The van der Waals surface area contributed by atoms with Crippen LogP contribution >= 0.6 is 0 Å². The number of benzene rings is 2. The normalized spacial score (nSPS) is 16.9. The fourth-order valence-electron chi connectivity index (χ4n) is 6.20. The smallest absolute Gasteiger partial charge is 0.355 e. The van der Waals surface area contributed by atoms with Crippen molar-refractivity contribution < 1.29 is 35.9 Å². The summed E-state index contributed by atoms with van der Waals surface area (Å²) in [5, 5.41) is 9.86. The minimum atomic E-state index is -5.01. The van der Waals surface area contributed by atoms with Gasteiger partial charge in [-0.1, -0.05) is 18.2 Å². The lowest BCUT2D eigenvalue weighted by molar-refractivity contribution is -0.148. The Hall–Kier alpha value is -5.16. The number of piperidine rings is 1. The second-order valence-corrected chi connectivity index (χ2v) is 13.7. The van der Waals surface area contributed by atoms with Gasteiger partial charge in [-0.3, -0.25) is 23.8 Å². The zero-order valence-electron chi connectivity index (χ0n) is 27.4. The largest absolute Gasteiger partial charge is 0.491 e. The molecule has 50 heavy (non-hydrogen) atoms. The molecule has 0 bridgehead atoms. The van der Waals surface area contributed by atoms with Gasteiger partial charge in [-0.2, -0.15) is 19.0 Å². The van der Waals surface area contributed by atoms with E-state index in [1.54, 1.807) is 36.3 Å². The van der Waals surface area contributed by atoms with Crippen LogP contribution in [0.1, 0.15) is 24.4 Å². The van der Waals surface area contributed by atoms with Crippen molar-refractivity contribution in [2.45, 2.75) is 37.1 Å². The highest BCUT2D eigenvalue weighted by Crippen LogP contribution is 2.40. The number of aryl methyl sites for hydroxylation is 1. The summed E-state index contributed by atoms with van der Waals surface area (Å²) in [6.07, 6.45) is 6.96. The molecule has 1 aliphatic heterocycles. The third-order valence-electron chi connectivity index (χ3n) is 8.76. The molecule has 5 aromatic rings. The molecular weight excluding hydrogens is 677 g/mol. The standard InChI is InChI=1S/C33H35F3N8O5S/c1-42-18-23(9-11-26(42)32(45)48-3)44-17-21(15-39-44)24-16-38-31(37)28-29(40-43(2)30(24)28)20-6-10-25(41-50(46,47)33(35)36)27(14-20)49-13-12-19-4-7-22(34)8-5-19/h4-8,10,14-17,23,26,33,41H,9,11-13,18H2,1-3H3,(H2,37,38). The lowest BCUT2D eigenvalue weighted by Crippen LogP contribution is -2.46. The predicted molar refractivity (Wildman–Crippen MR) is 180 cm³/mol. The van der Waals surface area contributed by atoms with Crippen molar-refractivity contribution in [2.75, 3.05) is 37.8 Å². The number of alkyl halides is 2. The van der Waals surface area contributed by atoms with Gasteiger partial charge in [0.1, 0.15) is 29.1 Å². The van der Waals surface area contributed by atoms with Crippen molar-refractivity contribution in [1.82, 2.24) is 29.4 Å². The van der Waals surface area contributed by atoms with Crippen molar-refractivity contribution in [3.05, 3.63) is 72.4 Å². The number of hydrogen-bond acceptors (Lipinski definition) is 10. The molecule has 1 saturated heterocycles. The first-order valence-corrected chi connectivity index (χ1v) is 17.2. The molecule has 0 radical (unpaired) electrons. The summed E-state index contributed by atoms with van der Waals surface area (Å²) in [5.74, 6) is -4.17. The molecule has 0 spiro atoms. The maximum Gasteiger partial charge on any atom is 0.355 e. The van der Waals surface area contributed by atoms with Gasteiger partial charge >= 0.3 is 11.7 Å². The third-order valence-corrected chi connectivity index (χ3v) is 9.73. The summed E-state index contributed by atoms with van der Waals surface area (Å²) in [6.45, 7) is 0.628. The lowest BCUT2D eigenvalue weighted by atomic mass is 9.99. The first kappa shape index (κ1) is 34.7. The number of nitrogens with two attached hydrogens (primary N) is 1. The van der Waals surface area contributed by atoms with Gasteiger partial charge in [0, 0.05) is 49.1 Å². The number of rotatable bonds is 11. The van der Waals surface area contributed by atoms with Crippen molar-refractivity contribution in [2.24, 2.45) is 7.05 Å². The van der Waals surface area contributed by atoms with E-state index in [0.29, 0.717) is 47.1 Å². The molecule has 2 atom stereocenters. The summed E-state index contributed by atoms with van der Waals surface area (Å²) in [4.78, 5) is 18.5. The maximum atomic E-state index is 13.4. The van der Waals surface area contributed by atoms with Crippen LogP contribution in [0.25, 0.3) is 33.3 Å². The number of hydrogen-bond donors (Lipinski definition) is 2. The molecule has 4 heterocycles. The molecule has 2 aromatic carbocycles. The second kappa shape index (κ2) is 14.0. The number of halogens is 3. The first-order valence-electron chi connectivity index (χ1n) is 15.6. The van der Waals surface area contributed by atoms with Gasteiger partial charge in [0.15, 0.2) is 0 Å². The monoisotopic (exact) mass is 712 g/mol. The van der Waals surface area contributed by atoms with Crippen LogP contribution in [0, 0.1) is 5.82 Å². The van der Waals surface area contributed by atoms with Crippen LogP contribution in [-0.2, 0) is 33.0 Å². The van der Waals surface area contributed by atoms with Gasteiger partial charge in [0.05, 0.1) is 42.5 Å². The highest BCUT2D eigenvalue weighted by molar-refractivity contribution is 7.93. The van der Waals surface area contributed by atoms with Gasteiger partial charge in [0.2, 0.25) is 0 Å². The number of nitrogens with one attached hydrogen (secondary N) is 1. The topological polar surface area (TPSA) is 159 Å². The molecule has 0 aliphatic carbocycles. The van der Waals surface area contributed by atoms with Crippen molar-refractivity contribution in [3.8, 4) is 28.1 Å². The molecule has 0 saturated carbocycles. The summed E-state index contributed by atoms with van der Waals surface area (Å²) < 4.78 is 80.3. The van der Waals surface area contributed by atoms with E-state index in [4.69, 9.17) is 20.3 Å². The van der Waals surface area contributed by atoms with E-state index >= 15 is 0 Å². The van der Waals surface area contributed by atoms with E-state index in [0.717, 1.165) is 17.5 Å². The number of ether oxygens (including phenoxy) is 2. The lowest BCUT2D eigenvalue weighted by Gasteiger charge is -2.35. The Morgan fingerprint density at radius 2 is 1.86 bits per heavy atom. The van der Waals surface area contributed by atoms with E-state index in [2.05, 4.69) is 10.1 Å². The van der Waals surface area contributed by atoms with E-state index in [9.17, 15) is 26.4 Å². The number of carbonyl (C=O) groups is 1. The van der Waals surface area contributed by atoms with Crippen LogP contribution in [0.5, 0.6) is 5.75 Å². The van der Waals surface area contributed by atoms with Gasteiger partial charge in [-0.05, 0) is 49.7 Å². The minimum Gasteiger partial charge on any atom is -0.491 e. The number of nitrogen functional groups attached to an aromatic ring is 1. The first-order chi connectivity index (χ1) is 23.9. The Morgan fingerprint density at radius 1 is 1.10 bits per heavy atom. The Morgan fingerprint density at radius 3 is 2.56 bits per heavy atom.